The van der Waals surface area contributed by atoms with Gasteiger partial charge in [-0.1, -0.05) is 12.1 Å². The fourth-order valence-corrected chi connectivity index (χ4v) is 4.28. The van der Waals surface area contributed by atoms with Crippen molar-refractivity contribution < 1.29 is 26.9 Å². The molecule has 2 aromatic carbocycles. The van der Waals surface area contributed by atoms with E-state index in [-0.39, 0.29) is 22.9 Å². The number of hydrogen-bond acceptors (Lipinski definition) is 6. The van der Waals surface area contributed by atoms with Crippen LogP contribution in [0.3, 0.4) is 0 Å². The lowest BCUT2D eigenvalue weighted by Gasteiger charge is -2.18. The summed E-state index contributed by atoms with van der Waals surface area (Å²) >= 11 is 0. The van der Waals surface area contributed by atoms with Crippen LogP contribution in [0.25, 0.3) is 0 Å². The van der Waals surface area contributed by atoms with Crippen LogP contribution in [0, 0.1) is 12.7 Å². The molecule has 0 aliphatic rings. The first kappa shape index (κ1) is 24.4. The van der Waals surface area contributed by atoms with Gasteiger partial charge in [0.2, 0.25) is 5.95 Å². The Kier molecular flexibility index (Phi) is 6.61. The smallest absolute Gasteiger partial charge is 0.339 e. The van der Waals surface area contributed by atoms with Gasteiger partial charge in [0, 0.05) is 17.2 Å². The van der Waals surface area contributed by atoms with Gasteiger partial charge in [-0.3, -0.25) is 4.79 Å². The van der Waals surface area contributed by atoms with Gasteiger partial charge in [0.1, 0.15) is 24.3 Å². The van der Waals surface area contributed by atoms with Crippen molar-refractivity contribution in [2.45, 2.75) is 20.0 Å². The highest BCUT2D eigenvalue weighted by Crippen LogP contribution is 2.40. The van der Waals surface area contributed by atoms with Gasteiger partial charge in [0.05, 0.1) is 11.3 Å². The zero-order chi connectivity index (χ0) is 24.6. The van der Waals surface area contributed by atoms with E-state index in [9.17, 15) is 26.9 Å². The first-order valence-electron chi connectivity index (χ1n) is 9.71. The van der Waals surface area contributed by atoms with Gasteiger partial charge in [0.15, 0.2) is 5.78 Å². The maximum absolute atomic E-state index is 14.2. The quantitative estimate of drug-likeness (QED) is 0.260. The first-order valence-corrected chi connectivity index (χ1v) is 12.3. The van der Waals surface area contributed by atoms with Crippen LogP contribution in [0.1, 0.15) is 28.4 Å². The molecule has 1 aromatic heterocycles. The molecule has 0 atom stereocenters. The fourth-order valence-electron chi connectivity index (χ4n) is 3.13. The van der Waals surface area contributed by atoms with Gasteiger partial charge >= 0.3 is 6.18 Å². The summed E-state index contributed by atoms with van der Waals surface area (Å²) in [5.74, 6) is -2.02. The third kappa shape index (κ3) is 5.57. The molecule has 0 unspecified atom stereocenters. The van der Waals surface area contributed by atoms with Crippen LogP contribution in [-0.4, -0.2) is 29.1 Å². The Labute approximate surface area is 187 Å². The lowest BCUT2D eigenvalue weighted by Crippen LogP contribution is -2.16. The number of hydrogen-bond donors (Lipinski definition) is 2. The predicted octanol–water partition coefficient (Wildman–Crippen LogP) is 5.88. The molecule has 0 amide bonds. The molecule has 3 rings (SSSR count). The monoisotopic (exact) mass is 480 g/mol. The molecule has 2 N–H and O–H groups in total. The van der Waals surface area contributed by atoms with Crippen molar-refractivity contribution in [3.05, 3.63) is 65.1 Å². The largest absolute Gasteiger partial charge is 0.421 e. The van der Waals surface area contributed by atoms with E-state index in [2.05, 4.69) is 20.6 Å². The van der Waals surface area contributed by atoms with Crippen molar-refractivity contribution in [3.8, 4) is 0 Å². The molecule has 11 heteroatoms. The Morgan fingerprint density at radius 3 is 2.33 bits per heavy atom. The van der Waals surface area contributed by atoms with Gasteiger partial charge in [0.25, 0.3) is 0 Å². The van der Waals surface area contributed by atoms with Crippen LogP contribution in [0.2, 0.25) is 0 Å². The standard InChI is InChI=1S/C22H21F4N4O2P/c1-12-9-14(13(2)31)16(23)10-18(12)29-21-27-11-15(22(24,25)26)20(30-21)28-17-7-5-6-8-19(17)33(3,4)32/h5-11H,1-4H3,(H2,27,28,29,30). The van der Waals surface area contributed by atoms with Crippen LogP contribution in [0.4, 0.5) is 40.7 Å². The molecule has 3 aromatic rings. The van der Waals surface area contributed by atoms with E-state index >= 15 is 0 Å². The summed E-state index contributed by atoms with van der Waals surface area (Å²) in [7, 11) is -2.81. The molecule has 0 bridgehead atoms. The number of ketones is 1. The Morgan fingerprint density at radius 1 is 1.06 bits per heavy atom. The lowest BCUT2D eigenvalue weighted by atomic mass is 10.1. The highest BCUT2D eigenvalue weighted by atomic mass is 31.2. The molecule has 0 radical (unpaired) electrons. The number of carbonyl (C=O) groups is 1. The van der Waals surface area contributed by atoms with E-state index in [1.54, 1.807) is 25.1 Å². The van der Waals surface area contributed by atoms with Crippen molar-refractivity contribution in [1.82, 2.24) is 9.97 Å². The van der Waals surface area contributed by atoms with Gasteiger partial charge < -0.3 is 15.2 Å². The topological polar surface area (TPSA) is 84.0 Å². The van der Waals surface area contributed by atoms with Gasteiger partial charge in [-0.05, 0) is 57.0 Å². The van der Waals surface area contributed by atoms with E-state index in [0.717, 1.165) is 6.07 Å². The number of alkyl halides is 3. The maximum atomic E-state index is 14.2. The summed E-state index contributed by atoms with van der Waals surface area (Å²) in [5, 5.41) is 5.69. The van der Waals surface area contributed by atoms with Crippen LogP contribution < -0.4 is 15.9 Å². The number of benzene rings is 2. The van der Waals surface area contributed by atoms with Crippen molar-refractivity contribution in [2.75, 3.05) is 24.0 Å². The number of nitrogens with one attached hydrogen (secondary N) is 2. The van der Waals surface area contributed by atoms with Crippen molar-refractivity contribution in [2.24, 2.45) is 0 Å². The van der Waals surface area contributed by atoms with Crippen molar-refractivity contribution in [1.29, 1.82) is 0 Å². The summed E-state index contributed by atoms with van der Waals surface area (Å²) < 4.78 is 67.6. The molecule has 0 spiro atoms. The van der Waals surface area contributed by atoms with Gasteiger partial charge in [-0.15, -0.1) is 0 Å². The number of halogens is 4. The molecule has 0 aliphatic carbocycles. The van der Waals surface area contributed by atoms with Crippen LogP contribution in [-0.2, 0) is 10.7 Å². The van der Waals surface area contributed by atoms with Crippen molar-refractivity contribution >= 4 is 41.4 Å². The molecule has 0 saturated heterocycles. The second-order valence-electron chi connectivity index (χ2n) is 7.77. The third-order valence-corrected chi connectivity index (χ3v) is 6.32. The number of carbonyl (C=O) groups excluding carboxylic acids is 1. The molecule has 0 fully saturated rings. The van der Waals surface area contributed by atoms with E-state index in [0.29, 0.717) is 17.1 Å². The second-order valence-corrected chi connectivity index (χ2v) is 11.0. The average molecular weight is 480 g/mol. The summed E-state index contributed by atoms with van der Waals surface area (Å²) in [6.07, 6.45) is -4.16. The molecule has 174 valence electrons. The number of anilines is 4. The van der Waals surface area contributed by atoms with Crippen LogP contribution >= 0.6 is 7.14 Å². The fraction of sp³-hybridized carbons (Fsp3) is 0.227. The summed E-state index contributed by atoms with van der Waals surface area (Å²) in [6.45, 7) is 5.85. The Bertz CT molecular complexity index is 1270. The second kappa shape index (κ2) is 8.94. The van der Waals surface area contributed by atoms with E-state index < -0.39 is 36.3 Å². The molecular weight excluding hydrogens is 459 g/mol. The molecular formula is C22H21F4N4O2P. The average Bonchev–Trinajstić information content (AvgIpc) is 2.69. The number of aromatic nitrogens is 2. The molecule has 1 heterocycles. The first-order chi connectivity index (χ1) is 15.3. The van der Waals surface area contributed by atoms with Crippen molar-refractivity contribution in [3.63, 3.8) is 0 Å². The zero-order valence-electron chi connectivity index (χ0n) is 18.2. The van der Waals surface area contributed by atoms with Crippen LogP contribution in [0.5, 0.6) is 0 Å². The minimum atomic E-state index is -4.76. The van der Waals surface area contributed by atoms with Crippen LogP contribution in [0.15, 0.2) is 42.6 Å². The van der Waals surface area contributed by atoms with Gasteiger partial charge in [-0.2, -0.15) is 18.2 Å². The molecule has 0 saturated carbocycles. The maximum Gasteiger partial charge on any atom is 0.421 e. The predicted molar refractivity (Wildman–Crippen MR) is 120 cm³/mol. The molecule has 6 nitrogen and oxygen atoms in total. The number of nitrogens with zero attached hydrogens (tertiary/aromatic N) is 2. The minimum absolute atomic E-state index is 0.103. The van der Waals surface area contributed by atoms with Gasteiger partial charge in [-0.25, -0.2) is 9.37 Å². The zero-order valence-corrected chi connectivity index (χ0v) is 19.1. The van der Waals surface area contributed by atoms with E-state index in [1.807, 2.05) is 0 Å². The third-order valence-electron chi connectivity index (χ3n) is 4.77. The Hall–Kier alpha value is -3.26. The summed E-state index contributed by atoms with van der Waals surface area (Å²) in [6, 6.07) is 8.70. The number of rotatable bonds is 6. The molecule has 0 aliphatic heterocycles. The van der Waals surface area contributed by atoms with E-state index in [1.165, 1.54) is 32.4 Å². The number of para-hydroxylation sites is 1. The SMILES string of the molecule is CC(=O)c1cc(C)c(Nc2ncc(C(F)(F)F)c(Nc3ccccc3P(C)(C)=O)n2)cc1F. The minimum Gasteiger partial charge on any atom is -0.339 e. The Morgan fingerprint density at radius 2 is 1.73 bits per heavy atom. The summed E-state index contributed by atoms with van der Waals surface area (Å²) in [5.41, 5.74) is -0.347. The molecule has 33 heavy (non-hydrogen) atoms. The highest BCUT2D eigenvalue weighted by Gasteiger charge is 2.35. The lowest BCUT2D eigenvalue weighted by molar-refractivity contribution is -0.137. The van der Waals surface area contributed by atoms with E-state index in [4.69, 9.17) is 0 Å². The summed E-state index contributed by atoms with van der Waals surface area (Å²) in [4.78, 5) is 19.2. The number of aryl methyl sites for hydroxylation is 1. The Balaban J connectivity index is 2.05. The normalized spacial score (nSPS) is 11.9. The number of Topliss-reactive ketones (excluding diaryl/α,β-unsaturated/α-hetero) is 1. The highest BCUT2D eigenvalue weighted by molar-refractivity contribution is 7.70.